The van der Waals surface area contributed by atoms with Gasteiger partial charge in [-0.05, 0) is 47.7 Å². The number of amides is 3. The van der Waals surface area contributed by atoms with Crippen molar-refractivity contribution >= 4 is 46.5 Å². The highest BCUT2D eigenvalue weighted by Gasteiger charge is 2.35. The van der Waals surface area contributed by atoms with Crippen molar-refractivity contribution in [1.29, 1.82) is 0 Å². The second-order valence-electron chi connectivity index (χ2n) is 5.79. The number of primary amides is 1. The van der Waals surface area contributed by atoms with Gasteiger partial charge in [0.05, 0.1) is 11.4 Å². The lowest BCUT2D eigenvalue weighted by molar-refractivity contribution is -0.123. The van der Waals surface area contributed by atoms with Gasteiger partial charge in [-0.25, -0.2) is 4.39 Å². The molecule has 3 rings (SSSR count). The van der Waals surface area contributed by atoms with Gasteiger partial charge in [0.15, 0.2) is 6.61 Å². The van der Waals surface area contributed by atoms with E-state index in [0.717, 1.165) is 16.7 Å². The van der Waals surface area contributed by atoms with Crippen molar-refractivity contribution in [3.05, 3.63) is 69.3 Å². The van der Waals surface area contributed by atoms with Crippen molar-refractivity contribution in [3.63, 3.8) is 0 Å². The molecule has 0 atom stereocenters. The molecule has 0 spiro atoms. The zero-order chi connectivity index (χ0) is 20.3. The second kappa shape index (κ2) is 8.45. The molecule has 2 N–H and O–H groups in total. The van der Waals surface area contributed by atoms with Crippen LogP contribution < -0.4 is 10.5 Å². The molecule has 3 amide bonds. The summed E-state index contributed by atoms with van der Waals surface area (Å²) in [5, 5.41) is -0.355. The Labute approximate surface area is 169 Å². The number of nitrogens with two attached hydrogens (primary N) is 1. The standard InChI is InChI=1S/C19H14ClFN2O4S/c20-14-2-1-3-15(21)13(14)9-23-18(25)16(28-19(23)26)8-11-4-6-12(7-5-11)27-10-17(22)24/h1-8H,9-10H2,(H2,22,24)/b16-8-. The third-order valence-corrected chi connectivity index (χ3v) is 5.07. The van der Waals surface area contributed by atoms with Gasteiger partial charge in [-0.15, -0.1) is 0 Å². The highest BCUT2D eigenvalue weighted by Crippen LogP contribution is 2.34. The zero-order valence-electron chi connectivity index (χ0n) is 14.4. The van der Waals surface area contributed by atoms with E-state index in [4.69, 9.17) is 22.1 Å². The number of halogens is 2. The minimum Gasteiger partial charge on any atom is -0.484 e. The number of benzene rings is 2. The van der Waals surface area contributed by atoms with Gasteiger partial charge in [-0.3, -0.25) is 19.3 Å². The van der Waals surface area contributed by atoms with Gasteiger partial charge in [-0.1, -0.05) is 29.8 Å². The van der Waals surface area contributed by atoms with Gasteiger partial charge in [-0.2, -0.15) is 0 Å². The fourth-order valence-electron chi connectivity index (χ4n) is 2.44. The van der Waals surface area contributed by atoms with Crippen LogP contribution in [0.5, 0.6) is 5.75 Å². The van der Waals surface area contributed by atoms with E-state index in [1.54, 1.807) is 30.3 Å². The summed E-state index contributed by atoms with van der Waals surface area (Å²) in [6, 6.07) is 10.7. The third kappa shape index (κ3) is 4.52. The predicted molar refractivity (Wildman–Crippen MR) is 104 cm³/mol. The van der Waals surface area contributed by atoms with Crippen LogP contribution in [0.4, 0.5) is 9.18 Å². The maximum Gasteiger partial charge on any atom is 0.293 e. The molecule has 0 unspecified atom stereocenters. The van der Waals surface area contributed by atoms with E-state index in [9.17, 15) is 18.8 Å². The molecule has 0 aliphatic carbocycles. The summed E-state index contributed by atoms with van der Waals surface area (Å²) < 4.78 is 19.1. The van der Waals surface area contributed by atoms with Crippen LogP contribution in [0.1, 0.15) is 11.1 Å². The molecular weight excluding hydrogens is 407 g/mol. The van der Waals surface area contributed by atoms with Crippen LogP contribution in [0.25, 0.3) is 6.08 Å². The molecular formula is C19H14ClFN2O4S. The molecule has 0 radical (unpaired) electrons. The monoisotopic (exact) mass is 420 g/mol. The van der Waals surface area contributed by atoms with Gasteiger partial charge in [0.2, 0.25) is 0 Å². The van der Waals surface area contributed by atoms with E-state index in [1.165, 1.54) is 18.2 Å². The summed E-state index contributed by atoms with van der Waals surface area (Å²) in [6.45, 7) is -0.482. The smallest absolute Gasteiger partial charge is 0.293 e. The first-order valence-electron chi connectivity index (χ1n) is 8.04. The van der Waals surface area contributed by atoms with Crippen LogP contribution in [0.3, 0.4) is 0 Å². The lowest BCUT2D eigenvalue weighted by atomic mass is 10.2. The highest BCUT2D eigenvalue weighted by molar-refractivity contribution is 8.18. The minimum atomic E-state index is -0.590. The van der Waals surface area contributed by atoms with Crippen LogP contribution in [0.15, 0.2) is 47.4 Å². The van der Waals surface area contributed by atoms with Crippen molar-refractivity contribution in [2.24, 2.45) is 5.73 Å². The number of thioether (sulfide) groups is 1. The Morgan fingerprint density at radius 2 is 1.93 bits per heavy atom. The van der Waals surface area contributed by atoms with Gasteiger partial charge in [0.25, 0.3) is 17.1 Å². The highest BCUT2D eigenvalue weighted by atomic mass is 35.5. The fraction of sp³-hybridized carbons (Fsp3) is 0.105. The molecule has 1 aliphatic rings. The topological polar surface area (TPSA) is 89.7 Å². The Hall–Kier alpha value is -2.84. The van der Waals surface area contributed by atoms with Crippen molar-refractivity contribution in [1.82, 2.24) is 4.90 Å². The van der Waals surface area contributed by atoms with Crippen molar-refractivity contribution < 1.29 is 23.5 Å². The number of carbonyl (C=O) groups is 3. The van der Waals surface area contributed by atoms with Gasteiger partial charge >= 0.3 is 0 Å². The van der Waals surface area contributed by atoms with Crippen LogP contribution in [-0.2, 0) is 16.1 Å². The molecule has 0 bridgehead atoms. The van der Waals surface area contributed by atoms with Gasteiger partial charge in [0.1, 0.15) is 11.6 Å². The zero-order valence-corrected chi connectivity index (χ0v) is 15.9. The van der Waals surface area contributed by atoms with E-state index in [-0.39, 0.29) is 28.6 Å². The van der Waals surface area contributed by atoms with Crippen LogP contribution in [0, 0.1) is 5.82 Å². The molecule has 2 aromatic rings. The lowest BCUT2D eigenvalue weighted by Gasteiger charge is -2.14. The Kier molecular flexibility index (Phi) is 6.01. The first-order chi connectivity index (χ1) is 13.3. The number of nitrogens with zero attached hydrogens (tertiary/aromatic N) is 1. The number of carbonyl (C=O) groups excluding carboxylic acids is 3. The number of rotatable bonds is 6. The quantitative estimate of drug-likeness (QED) is 0.721. The number of ether oxygens (including phenoxy) is 1. The molecule has 0 aromatic heterocycles. The Bertz CT molecular complexity index is 958. The van der Waals surface area contributed by atoms with Gasteiger partial charge < -0.3 is 10.5 Å². The number of hydrogen-bond donors (Lipinski definition) is 1. The minimum absolute atomic E-state index is 0.0867. The van der Waals surface area contributed by atoms with Crippen LogP contribution >= 0.6 is 23.4 Å². The SMILES string of the molecule is NC(=O)COc1ccc(/C=C2\SC(=O)N(Cc3c(F)cccc3Cl)C2=O)cc1. The molecule has 1 heterocycles. The summed E-state index contributed by atoms with van der Waals surface area (Å²) in [6.07, 6.45) is 1.55. The number of imide groups is 1. The molecule has 144 valence electrons. The predicted octanol–water partition coefficient (Wildman–Crippen LogP) is 3.58. The third-order valence-electron chi connectivity index (χ3n) is 3.81. The summed E-state index contributed by atoms with van der Waals surface area (Å²) in [5.74, 6) is -1.25. The Morgan fingerprint density at radius 1 is 1.21 bits per heavy atom. The summed E-state index contributed by atoms with van der Waals surface area (Å²) in [5.41, 5.74) is 5.75. The molecule has 28 heavy (non-hydrogen) atoms. The average molecular weight is 421 g/mol. The van der Waals surface area contributed by atoms with Crippen molar-refractivity contribution in [2.45, 2.75) is 6.54 Å². The maximum absolute atomic E-state index is 14.0. The summed E-state index contributed by atoms with van der Waals surface area (Å²) in [4.78, 5) is 36.7. The van der Waals surface area contributed by atoms with Crippen molar-refractivity contribution in [3.8, 4) is 5.75 Å². The Balaban J connectivity index is 1.75. The summed E-state index contributed by atoms with van der Waals surface area (Å²) in [7, 11) is 0. The lowest BCUT2D eigenvalue weighted by Crippen LogP contribution is -2.28. The normalized spacial score (nSPS) is 15.4. The van der Waals surface area contributed by atoms with E-state index in [0.29, 0.717) is 11.3 Å². The molecule has 6 nitrogen and oxygen atoms in total. The molecule has 1 fully saturated rings. The molecule has 9 heteroatoms. The van der Waals surface area contributed by atoms with E-state index >= 15 is 0 Å². The van der Waals surface area contributed by atoms with E-state index in [1.807, 2.05) is 0 Å². The van der Waals surface area contributed by atoms with Crippen LogP contribution in [-0.4, -0.2) is 28.6 Å². The van der Waals surface area contributed by atoms with Crippen LogP contribution in [0.2, 0.25) is 5.02 Å². The Morgan fingerprint density at radius 3 is 2.57 bits per heavy atom. The second-order valence-corrected chi connectivity index (χ2v) is 7.19. The molecule has 0 saturated carbocycles. The van der Waals surface area contributed by atoms with E-state index < -0.39 is 22.9 Å². The molecule has 1 saturated heterocycles. The first-order valence-corrected chi connectivity index (χ1v) is 9.24. The van der Waals surface area contributed by atoms with E-state index in [2.05, 4.69) is 0 Å². The maximum atomic E-state index is 14.0. The van der Waals surface area contributed by atoms with Crippen molar-refractivity contribution in [2.75, 3.05) is 6.61 Å². The molecule has 1 aliphatic heterocycles. The largest absolute Gasteiger partial charge is 0.484 e. The first kappa shape index (κ1) is 19.9. The fourth-order valence-corrected chi connectivity index (χ4v) is 3.50. The average Bonchev–Trinajstić information content (AvgIpc) is 2.91. The van der Waals surface area contributed by atoms with Gasteiger partial charge in [0, 0.05) is 10.6 Å². The molecule has 2 aromatic carbocycles. The number of hydrogen-bond acceptors (Lipinski definition) is 5. The summed E-state index contributed by atoms with van der Waals surface area (Å²) >= 11 is 6.74.